The highest BCUT2D eigenvalue weighted by molar-refractivity contribution is 5.85. The van der Waals surface area contributed by atoms with Crippen LogP contribution in [0.4, 0.5) is 0 Å². The molecule has 0 spiro atoms. The van der Waals surface area contributed by atoms with Gasteiger partial charge in [0, 0.05) is 23.2 Å². The van der Waals surface area contributed by atoms with Gasteiger partial charge in [-0.25, -0.2) is 4.79 Å². The topological polar surface area (TPSA) is 72.8 Å². The Bertz CT molecular complexity index is 674. The van der Waals surface area contributed by atoms with Crippen LogP contribution in [0.5, 0.6) is 0 Å². The second-order valence-corrected chi connectivity index (χ2v) is 9.74. The number of aliphatic hydroxyl groups excluding tert-OH is 1. The zero-order valence-corrected chi connectivity index (χ0v) is 16.7. The molecule has 3 saturated carbocycles. The van der Waals surface area contributed by atoms with Crippen LogP contribution in [-0.4, -0.2) is 42.3 Å². The molecule has 8 atom stereocenters. The predicted molar refractivity (Wildman–Crippen MR) is 99.8 cm³/mol. The van der Waals surface area contributed by atoms with Crippen molar-refractivity contribution in [3.05, 3.63) is 12.7 Å². The summed E-state index contributed by atoms with van der Waals surface area (Å²) in [7, 11) is 0. The summed E-state index contributed by atoms with van der Waals surface area (Å²) in [5.74, 6) is 0.112. The maximum Gasteiger partial charge on any atom is 0.332 e. The highest BCUT2D eigenvalue weighted by Gasteiger charge is 2.70. The predicted octanol–water partition coefficient (Wildman–Crippen LogP) is 2.90. The molecule has 0 aromatic rings. The molecule has 1 heterocycles. The maximum absolute atomic E-state index is 13.2. The fourth-order valence-corrected chi connectivity index (χ4v) is 7.20. The summed E-state index contributed by atoms with van der Waals surface area (Å²) in [6.07, 6.45) is 5.72. The number of aliphatic hydroxyl groups is 1. The minimum atomic E-state index is -0.637. The van der Waals surface area contributed by atoms with Gasteiger partial charge < -0.3 is 14.6 Å². The Morgan fingerprint density at radius 2 is 2.15 bits per heavy atom. The van der Waals surface area contributed by atoms with Gasteiger partial charge in [-0.05, 0) is 42.9 Å². The van der Waals surface area contributed by atoms with Crippen molar-refractivity contribution in [3.8, 4) is 0 Å². The molecule has 1 saturated heterocycles. The zero-order valence-electron chi connectivity index (χ0n) is 16.7. The van der Waals surface area contributed by atoms with Crippen molar-refractivity contribution in [2.45, 2.75) is 65.1 Å². The summed E-state index contributed by atoms with van der Waals surface area (Å²) in [5.41, 5.74) is -0.759. The van der Waals surface area contributed by atoms with Gasteiger partial charge in [0.15, 0.2) is 0 Å². The minimum Gasteiger partial charge on any atom is -0.460 e. The van der Waals surface area contributed by atoms with Crippen LogP contribution in [0.2, 0.25) is 0 Å². The minimum absolute atomic E-state index is 0.0108. The van der Waals surface area contributed by atoms with Crippen LogP contribution >= 0.6 is 0 Å². The fourth-order valence-electron chi connectivity index (χ4n) is 7.20. The number of ketones is 1. The zero-order chi connectivity index (χ0) is 19.6. The van der Waals surface area contributed by atoms with Crippen molar-refractivity contribution in [2.75, 3.05) is 13.2 Å². The van der Waals surface area contributed by atoms with Crippen LogP contribution in [0.1, 0.15) is 52.9 Å². The van der Waals surface area contributed by atoms with E-state index in [1.165, 1.54) is 0 Å². The van der Waals surface area contributed by atoms with Crippen molar-refractivity contribution in [2.24, 2.45) is 34.0 Å². The Morgan fingerprint density at radius 3 is 2.74 bits per heavy atom. The van der Waals surface area contributed by atoms with Gasteiger partial charge in [0.2, 0.25) is 0 Å². The molecule has 1 aliphatic heterocycles. The molecular formula is C22H32O5. The van der Waals surface area contributed by atoms with Gasteiger partial charge in [-0.2, -0.15) is 0 Å². The van der Waals surface area contributed by atoms with E-state index in [2.05, 4.69) is 27.4 Å². The van der Waals surface area contributed by atoms with Crippen molar-refractivity contribution in [3.63, 3.8) is 0 Å². The summed E-state index contributed by atoms with van der Waals surface area (Å²) in [6.45, 7) is 10.6. The Kier molecular flexibility index (Phi) is 4.36. The lowest BCUT2D eigenvalue weighted by Crippen LogP contribution is -2.67. The molecular weight excluding hydrogens is 344 g/mol. The summed E-state index contributed by atoms with van der Waals surface area (Å²) >= 11 is 0. The maximum atomic E-state index is 13.2. The Labute approximate surface area is 161 Å². The molecule has 5 nitrogen and oxygen atoms in total. The molecule has 1 N–H and O–H groups in total. The second-order valence-electron chi connectivity index (χ2n) is 9.74. The normalized spacial score (nSPS) is 51.3. The molecule has 0 aromatic carbocycles. The largest absolute Gasteiger partial charge is 0.460 e. The van der Waals surface area contributed by atoms with Gasteiger partial charge in [0.05, 0.1) is 12.7 Å². The van der Waals surface area contributed by atoms with Crippen LogP contribution in [0.15, 0.2) is 12.7 Å². The van der Waals surface area contributed by atoms with Gasteiger partial charge in [-0.15, -0.1) is 6.58 Å². The smallest absolute Gasteiger partial charge is 0.332 e. The third-order valence-corrected chi connectivity index (χ3v) is 8.99. The Balaban J connectivity index is 1.88. The molecule has 4 rings (SSSR count). The van der Waals surface area contributed by atoms with Crippen molar-refractivity contribution >= 4 is 11.8 Å². The second kappa shape index (κ2) is 6.15. The fraction of sp³-hybridized carbons (Fsp3) is 0.818. The van der Waals surface area contributed by atoms with Crippen LogP contribution in [0, 0.1) is 34.0 Å². The molecule has 4 fully saturated rings. The van der Waals surface area contributed by atoms with Gasteiger partial charge in [0.1, 0.15) is 18.5 Å². The molecule has 0 unspecified atom stereocenters. The standard InChI is InChI=1S/C22H32O5/c1-5-21-10-16(27-17(25)11-23)20(4)13(2)6-8-22(9-7-15(24)18(20)22)14(3)19(21)26-12-21/h5,13-14,16,18-19,23H,1,6-12H2,2-4H3/t13-,14+,16-,18+,19+,20+,21-,22+/m1/s1. The summed E-state index contributed by atoms with van der Waals surface area (Å²) in [5, 5.41) is 9.31. The number of carbonyl (C=O) groups excluding carboxylic acids is 2. The van der Waals surface area contributed by atoms with E-state index in [1.54, 1.807) is 0 Å². The van der Waals surface area contributed by atoms with Gasteiger partial charge in [0.25, 0.3) is 0 Å². The van der Waals surface area contributed by atoms with E-state index in [1.807, 2.05) is 6.08 Å². The number of Topliss-reactive ketones (excluding diaryl/α,β-unsaturated/α-hetero) is 1. The van der Waals surface area contributed by atoms with E-state index in [0.717, 1.165) is 19.3 Å². The van der Waals surface area contributed by atoms with Crippen molar-refractivity contribution < 1.29 is 24.2 Å². The molecule has 27 heavy (non-hydrogen) atoms. The first-order valence-electron chi connectivity index (χ1n) is 10.3. The van der Waals surface area contributed by atoms with E-state index in [-0.39, 0.29) is 34.7 Å². The third-order valence-electron chi connectivity index (χ3n) is 8.99. The SMILES string of the molecule is C=C[C@@]12CO[C@H]1[C@H](C)[C@]13CCC(=O)[C@H]1[C@@](C)([C@H](C)CC3)[C@H](OC(=O)CO)C2. The average molecular weight is 376 g/mol. The molecule has 3 aliphatic carbocycles. The van der Waals surface area contributed by atoms with Crippen LogP contribution < -0.4 is 0 Å². The first-order chi connectivity index (χ1) is 12.7. The molecule has 4 aliphatic rings. The average Bonchev–Trinajstić information content (AvgIpc) is 2.98. The molecule has 150 valence electrons. The lowest BCUT2D eigenvalue weighted by atomic mass is 9.43. The third kappa shape index (κ3) is 2.30. The summed E-state index contributed by atoms with van der Waals surface area (Å²) in [6, 6.07) is 0. The highest BCUT2D eigenvalue weighted by Crippen LogP contribution is 2.69. The van der Waals surface area contributed by atoms with E-state index in [4.69, 9.17) is 9.47 Å². The number of ether oxygens (including phenoxy) is 2. The number of hydrogen-bond acceptors (Lipinski definition) is 5. The van der Waals surface area contributed by atoms with Crippen LogP contribution in [-0.2, 0) is 19.1 Å². The molecule has 0 amide bonds. The number of carbonyl (C=O) groups is 2. The van der Waals surface area contributed by atoms with E-state index in [0.29, 0.717) is 25.2 Å². The van der Waals surface area contributed by atoms with Gasteiger partial charge >= 0.3 is 5.97 Å². The van der Waals surface area contributed by atoms with E-state index in [9.17, 15) is 14.7 Å². The Hall–Kier alpha value is -1.20. The number of rotatable bonds is 3. The van der Waals surface area contributed by atoms with E-state index < -0.39 is 24.1 Å². The monoisotopic (exact) mass is 376 g/mol. The highest BCUT2D eigenvalue weighted by atomic mass is 16.6. The van der Waals surface area contributed by atoms with Crippen LogP contribution in [0.3, 0.4) is 0 Å². The molecule has 2 bridgehead atoms. The van der Waals surface area contributed by atoms with Crippen molar-refractivity contribution in [1.29, 1.82) is 0 Å². The lowest BCUT2D eigenvalue weighted by Gasteiger charge is -2.65. The van der Waals surface area contributed by atoms with Gasteiger partial charge in [-0.1, -0.05) is 26.8 Å². The number of fused-ring (bicyclic) bond motifs is 1. The Morgan fingerprint density at radius 1 is 1.41 bits per heavy atom. The number of hydrogen-bond donors (Lipinski definition) is 1. The van der Waals surface area contributed by atoms with Crippen LogP contribution in [0.25, 0.3) is 0 Å². The first-order valence-corrected chi connectivity index (χ1v) is 10.3. The molecule has 0 aromatic heterocycles. The first kappa shape index (κ1) is 19.1. The molecule has 5 heteroatoms. The van der Waals surface area contributed by atoms with Crippen molar-refractivity contribution in [1.82, 2.24) is 0 Å². The summed E-state index contributed by atoms with van der Waals surface area (Å²) in [4.78, 5) is 25.3. The van der Waals surface area contributed by atoms with E-state index >= 15 is 0 Å². The number of esters is 1. The molecule has 0 radical (unpaired) electrons. The summed E-state index contributed by atoms with van der Waals surface area (Å²) < 4.78 is 11.9. The van der Waals surface area contributed by atoms with Gasteiger partial charge in [-0.3, -0.25) is 4.79 Å². The lowest BCUT2D eigenvalue weighted by molar-refractivity contribution is -0.265. The quantitative estimate of drug-likeness (QED) is 0.606.